The van der Waals surface area contributed by atoms with Crippen LogP contribution in [0, 0.1) is 5.92 Å². The maximum atomic E-state index is 11.4. The molecule has 0 saturated heterocycles. The van der Waals surface area contributed by atoms with Crippen molar-refractivity contribution >= 4 is 12.0 Å². The number of ether oxygens (including phenoxy) is 1. The molecule has 0 spiro atoms. The molecule has 1 rings (SSSR count). The van der Waals surface area contributed by atoms with Gasteiger partial charge in [-0.05, 0) is 25.2 Å². The number of amides is 2. The highest BCUT2D eigenvalue weighted by molar-refractivity contribution is 5.73. The summed E-state index contributed by atoms with van der Waals surface area (Å²) in [5.41, 5.74) is 0. The molecule has 0 radical (unpaired) electrons. The van der Waals surface area contributed by atoms with Gasteiger partial charge in [-0.2, -0.15) is 0 Å². The van der Waals surface area contributed by atoms with Gasteiger partial charge in [-0.1, -0.05) is 12.2 Å². The molecule has 0 saturated carbocycles. The summed E-state index contributed by atoms with van der Waals surface area (Å²) in [4.78, 5) is 21.5. The van der Waals surface area contributed by atoms with Gasteiger partial charge in [0.25, 0.3) is 0 Å². The summed E-state index contributed by atoms with van der Waals surface area (Å²) >= 11 is 0. The van der Waals surface area contributed by atoms with E-state index >= 15 is 0 Å². The fourth-order valence-electron chi connectivity index (χ4n) is 1.74. The predicted molar refractivity (Wildman–Crippen MR) is 66.3 cm³/mol. The fraction of sp³-hybridized carbons (Fsp3) is 0.667. The Bertz CT molecular complexity index is 304. The largest absolute Gasteiger partial charge is 0.480 e. The summed E-state index contributed by atoms with van der Waals surface area (Å²) in [6.07, 6.45) is 7.52. The maximum absolute atomic E-state index is 11.4. The van der Waals surface area contributed by atoms with Crippen molar-refractivity contribution in [3.63, 3.8) is 0 Å². The molecule has 0 aromatic rings. The molecule has 3 N–H and O–H groups in total. The Labute approximate surface area is 106 Å². The van der Waals surface area contributed by atoms with Crippen molar-refractivity contribution in [1.82, 2.24) is 10.6 Å². The molecule has 6 nitrogen and oxygen atoms in total. The number of urea groups is 1. The van der Waals surface area contributed by atoms with Crippen LogP contribution in [0.15, 0.2) is 12.2 Å². The SMILES string of the molecule is O=C(O)COCCNC(=O)NCC1CC=CCC1. The van der Waals surface area contributed by atoms with E-state index in [1.54, 1.807) is 0 Å². The van der Waals surface area contributed by atoms with Crippen LogP contribution in [0.3, 0.4) is 0 Å². The average Bonchev–Trinajstić information content (AvgIpc) is 2.37. The summed E-state index contributed by atoms with van der Waals surface area (Å²) in [6, 6.07) is -0.233. The molecule has 0 fully saturated rings. The molecular formula is C12H20N2O4. The highest BCUT2D eigenvalue weighted by Gasteiger charge is 2.10. The molecule has 0 aliphatic heterocycles. The van der Waals surface area contributed by atoms with E-state index in [2.05, 4.69) is 22.8 Å². The first-order valence-corrected chi connectivity index (χ1v) is 6.14. The van der Waals surface area contributed by atoms with E-state index in [0.29, 0.717) is 19.0 Å². The number of hydrogen-bond donors (Lipinski definition) is 3. The van der Waals surface area contributed by atoms with Crippen LogP contribution in [0.25, 0.3) is 0 Å². The van der Waals surface area contributed by atoms with Gasteiger partial charge in [0.15, 0.2) is 0 Å². The summed E-state index contributed by atoms with van der Waals surface area (Å²) in [6.45, 7) is 0.847. The van der Waals surface area contributed by atoms with Crippen LogP contribution < -0.4 is 10.6 Å². The average molecular weight is 256 g/mol. The van der Waals surface area contributed by atoms with Crippen molar-refractivity contribution in [2.24, 2.45) is 5.92 Å². The minimum absolute atomic E-state index is 0.200. The molecule has 2 amide bonds. The van der Waals surface area contributed by atoms with E-state index in [-0.39, 0.29) is 19.2 Å². The number of carboxylic acids is 1. The van der Waals surface area contributed by atoms with Gasteiger partial charge in [0.1, 0.15) is 6.61 Å². The zero-order chi connectivity index (χ0) is 13.2. The second-order valence-electron chi connectivity index (χ2n) is 4.23. The Kier molecular flexibility index (Phi) is 6.86. The van der Waals surface area contributed by atoms with Gasteiger partial charge >= 0.3 is 12.0 Å². The van der Waals surface area contributed by atoms with Crippen molar-refractivity contribution in [2.45, 2.75) is 19.3 Å². The third-order valence-electron chi connectivity index (χ3n) is 2.69. The number of aliphatic carboxylic acids is 1. The topological polar surface area (TPSA) is 87.7 Å². The van der Waals surface area contributed by atoms with Crippen LogP contribution in [0.2, 0.25) is 0 Å². The minimum Gasteiger partial charge on any atom is -0.480 e. The van der Waals surface area contributed by atoms with Crippen molar-refractivity contribution in [3.8, 4) is 0 Å². The van der Waals surface area contributed by atoms with Gasteiger partial charge in [-0.25, -0.2) is 9.59 Å². The fourth-order valence-corrected chi connectivity index (χ4v) is 1.74. The zero-order valence-electron chi connectivity index (χ0n) is 10.4. The van der Waals surface area contributed by atoms with Crippen LogP contribution in [0.1, 0.15) is 19.3 Å². The van der Waals surface area contributed by atoms with Crippen molar-refractivity contribution in [2.75, 3.05) is 26.3 Å². The number of carboxylic acid groups (broad SMARTS) is 1. The van der Waals surface area contributed by atoms with Crippen LogP contribution in [-0.2, 0) is 9.53 Å². The first kappa shape index (κ1) is 14.5. The van der Waals surface area contributed by atoms with E-state index in [1.807, 2.05) is 0 Å². The Morgan fingerprint density at radius 2 is 2.17 bits per heavy atom. The third-order valence-corrected chi connectivity index (χ3v) is 2.69. The van der Waals surface area contributed by atoms with E-state index < -0.39 is 5.97 Å². The number of nitrogens with one attached hydrogen (secondary N) is 2. The predicted octanol–water partition coefficient (Wildman–Crippen LogP) is 0.743. The van der Waals surface area contributed by atoms with Gasteiger partial charge in [0, 0.05) is 13.1 Å². The van der Waals surface area contributed by atoms with Gasteiger partial charge in [0.05, 0.1) is 6.61 Å². The summed E-state index contributed by atoms with van der Waals surface area (Å²) in [7, 11) is 0. The highest BCUT2D eigenvalue weighted by atomic mass is 16.5. The smallest absolute Gasteiger partial charge is 0.329 e. The first-order valence-electron chi connectivity index (χ1n) is 6.14. The normalized spacial score (nSPS) is 18.3. The zero-order valence-corrected chi connectivity index (χ0v) is 10.4. The lowest BCUT2D eigenvalue weighted by Crippen LogP contribution is -2.39. The quantitative estimate of drug-likeness (QED) is 0.463. The number of rotatable bonds is 7. The molecule has 0 aromatic heterocycles. The first-order chi connectivity index (χ1) is 8.68. The van der Waals surface area contributed by atoms with Crippen molar-refractivity contribution in [3.05, 3.63) is 12.2 Å². The van der Waals surface area contributed by atoms with Gasteiger partial charge in [-0.3, -0.25) is 0 Å². The molecule has 0 bridgehead atoms. The highest BCUT2D eigenvalue weighted by Crippen LogP contribution is 2.16. The lowest BCUT2D eigenvalue weighted by Gasteiger charge is -2.18. The van der Waals surface area contributed by atoms with E-state index in [0.717, 1.165) is 19.3 Å². The van der Waals surface area contributed by atoms with Crippen molar-refractivity contribution < 1.29 is 19.4 Å². The Hall–Kier alpha value is -1.56. The Balaban J connectivity index is 1.96. The van der Waals surface area contributed by atoms with E-state index in [9.17, 15) is 9.59 Å². The summed E-state index contributed by atoms with van der Waals surface area (Å²) in [5.74, 6) is -0.492. The maximum Gasteiger partial charge on any atom is 0.329 e. The molecule has 6 heteroatoms. The molecule has 1 unspecified atom stereocenters. The molecule has 1 aliphatic carbocycles. The number of carbonyl (C=O) groups is 2. The number of carbonyl (C=O) groups excluding carboxylic acids is 1. The molecule has 18 heavy (non-hydrogen) atoms. The summed E-state index contributed by atoms with van der Waals surface area (Å²) in [5, 5.41) is 13.7. The Morgan fingerprint density at radius 3 is 2.83 bits per heavy atom. The summed E-state index contributed by atoms with van der Waals surface area (Å²) < 4.78 is 4.79. The number of hydrogen-bond acceptors (Lipinski definition) is 3. The van der Waals surface area contributed by atoms with Gasteiger partial charge in [-0.15, -0.1) is 0 Å². The van der Waals surface area contributed by atoms with E-state index in [4.69, 9.17) is 9.84 Å². The van der Waals surface area contributed by atoms with Gasteiger partial charge in [0.2, 0.25) is 0 Å². The molecular weight excluding hydrogens is 236 g/mol. The van der Waals surface area contributed by atoms with Crippen LogP contribution in [0.5, 0.6) is 0 Å². The Morgan fingerprint density at radius 1 is 1.33 bits per heavy atom. The third kappa shape index (κ3) is 6.90. The lowest BCUT2D eigenvalue weighted by atomic mass is 9.94. The minimum atomic E-state index is -1.01. The molecule has 1 atom stereocenters. The second kappa shape index (κ2) is 8.52. The molecule has 0 aromatic carbocycles. The van der Waals surface area contributed by atoms with E-state index in [1.165, 1.54) is 0 Å². The van der Waals surface area contributed by atoms with Crippen LogP contribution in [-0.4, -0.2) is 43.4 Å². The van der Waals surface area contributed by atoms with Gasteiger partial charge < -0.3 is 20.5 Å². The molecule has 0 heterocycles. The van der Waals surface area contributed by atoms with Crippen molar-refractivity contribution in [1.29, 1.82) is 0 Å². The monoisotopic (exact) mass is 256 g/mol. The second-order valence-corrected chi connectivity index (χ2v) is 4.23. The standard InChI is InChI=1S/C12H20N2O4/c15-11(16)9-18-7-6-13-12(17)14-8-10-4-2-1-3-5-10/h1-2,10H,3-9H2,(H,15,16)(H2,13,14,17). The van der Waals surface area contributed by atoms with Crippen LogP contribution in [0.4, 0.5) is 4.79 Å². The molecule has 102 valence electrons. The van der Waals surface area contributed by atoms with Crippen LogP contribution >= 0.6 is 0 Å². The molecule has 1 aliphatic rings. The lowest BCUT2D eigenvalue weighted by molar-refractivity contribution is -0.142. The number of allylic oxidation sites excluding steroid dienone is 2.